The number of anilines is 1. The molecule has 1 unspecified atom stereocenters. The smallest absolute Gasteiger partial charge is 0.227 e. The number of hydrogen-bond acceptors (Lipinski definition) is 5. The summed E-state index contributed by atoms with van der Waals surface area (Å²) in [5.74, 6) is 1.99. The lowest BCUT2D eigenvalue weighted by Gasteiger charge is -2.22. The van der Waals surface area contributed by atoms with Crippen LogP contribution in [0.25, 0.3) is 0 Å². The van der Waals surface area contributed by atoms with Crippen molar-refractivity contribution in [1.82, 2.24) is 9.88 Å². The highest BCUT2D eigenvalue weighted by Gasteiger charge is 2.29. The van der Waals surface area contributed by atoms with Gasteiger partial charge in [-0.05, 0) is 36.4 Å². The number of likely N-dealkylation sites (tertiary alicyclic amines) is 1. The fourth-order valence-corrected chi connectivity index (χ4v) is 4.24. The zero-order chi connectivity index (χ0) is 17.1. The van der Waals surface area contributed by atoms with E-state index in [9.17, 15) is 4.79 Å². The molecule has 0 aliphatic carbocycles. The van der Waals surface area contributed by atoms with Gasteiger partial charge in [-0.2, -0.15) is 0 Å². The molecular formula is C19H23N3O2S. The second kappa shape index (κ2) is 7.44. The molecule has 0 radical (unpaired) electrons. The van der Waals surface area contributed by atoms with Gasteiger partial charge in [-0.15, -0.1) is 11.3 Å². The van der Waals surface area contributed by atoms with Gasteiger partial charge in [0.1, 0.15) is 6.10 Å². The Morgan fingerprint density at radius 1 is 1.24 bits per heavy atom. The van der Waals surface area contributed by atoms with Crippen molar-refractivity contribution in [3.63, 3.8) is 0 Å². The third-order valence-electron chi connectivity index (χ3n) is 4.85. The van der Waals surface area contributed by atoms with Gasteiger partial charge < -0.3 is 14.5 Å². The normalized spacial score (nSPS) is 20.2. The van der Waals surface area contributed by atoms with Crippen LogP contribution in [-0.2, 0) is 11.2 Å². The maximum Gasteiger partial charge on any atom is 0.227 e. The summed E-state index contributed by atoms with van der Waals surface area (Å²) in [6, 6.07) is 7.93. The zero-order valence-corrected chi connectivity index (χ0v) is 15.1. The Labute approximate surface area is 152 Å². The summed E-state index contributed by atoms with van der Waals surface area (Å²) in [7, 11) is 0. The largest absolute Gasteiger partial charge is 0.485 e. The zero-order valence-electron chi connectivity index (χ0n) is 14.3. The second-order valence-corrected chi connectivity index (χ2v) is 7.68. The standard InChI is InChI=1S/C19H23N3O2S/c23-18(13-16-5-4-12-25-16)22-11-7-15(14-22)24-17-6-3-8-20-19(17)21-9-1-2-10-21/h3-6,8,12,15H,1-2,7,9-11,13-14H2. The number of aromatic nitrogens is 1. The number of pyridine rings is 1. The number of amides is 1. The molecule has 132 valence electrons. The first-order valence-electron chi connectivity index (χ1n) is 8.96. The van der Waals surface area contributed by atoms with Crippen molar-refractivity contribution >= 4 is 23.1 Å². The molecule has 4 heterocycles. The minimum absolute atomic E-state index is 0.0536. The first kappa shape index (κ1) is 16.4. The van der Waals surface area contributed by atoms with E-state index in [0.717, 1.165) is 42.5 Å². The molecule has 5 nitrogen and oxygen atoms in total. The Bertz CT molecular complexity index is 713. The van der Waals surface area contributed by atoms with Gasteiger partial charge >= 0.3 is 0 Å². The predicted molar refractivity (Wildman–Crippen MR) is 99.3 cm³/mol. The Balaban J connectivity index is 1.37. The van der Waals surface area contributed by atoms with Crippen molar-refractivity contribution in [2.24, 2.45) is 0 Å². The van der Waals surface area contributed by atoms with Crippen molar-refractivity contribution in [3.05, 3.63) is 40.7 Å². The molecule has 0 aromatic carbocycles. The first-order valence-corrected chi connectivity index (χ1v) is 9.84. The average molecular weight is 357 g/mol. The summed E-state index contributed by atoms with van der Waals surface area (Å²) in [6.07, 6.45) is 5.68. The van der Waals surface area contributed by atoms with Gasteiger partial charge in [0, 0.05) is 37.1 Å². The molecule has 2 aromatic heterocycles. The van der Waals surface area contributed by atoms with E-state index < -0.39 is 0 Å². The lowest BCUT2D eigenvalue weighted by molar-refractivity contribution is -0.129. The molecule has 0 bridgehead atoms. The SMILES string of the molecule is O=C(Cc1cccs1)N1CCC(Oc2cccnc2N2CCCC2)C1. The van der Waals surface area contributed by atoms with E-state index in [-0.39, 0.29) is 12.0 Å². The number of hydrogen-bond donors (Lipinski definition) is 0. The number of thiophene rings is 1. The minimum atomic E-state index is 0.0536. The van der Waals surface area contributed by atoms with Gasteiger partial charge in [-0.1, -0.05) is 6.07 Å². The number of nitrogens with zero attached hydrogens (tertiary/aromatic N) is 3. The number of carbonyl (C=O) groups is 1. The Hall–Kier alpha value is -2.08. The van der Waals surface area contributed by atoms with Crippen molar-refractivity contribution in [1.29, 1.82) is 0 Å². The third-order valence-corrected chi connectivity index (χ3v) is 5.73. The van der Waals surface area contributed by atoms with E-state index in [1.54, 1.807) is 11.3 Å². The van der Waals surface area contributed by atoms with Crippen LogP contribution < -0.4 is 9.64 Å². The number of ether oxygens (including phenoxy) is 1. The lowest BCUT2D eigenvalue weighted by Crippen LogP contribution is -2.32. The summed E-state index contributed by atoms with van der Waals surface area (Å²) < 4.78 is 6.24. The molecular weight excluding hydrogens is 334 g/mol. The van der Waals surface area contributed by atoms with Crippen molar-refractivity contribution < 1.29 is 9.53 Å². The van der Waals surface area contributed by atoms with E-state index in [0.29, 0.717) is 13.0 Å². The third kappa shape index (κ3) is 3.79. The van der Waals surface area contributed by atoms with Crippen molar-refractivity contribution in [2.75, 3.05) is 31.1 Å². The van der Waals surface area contributed by atoms with Gasteiger partial charge in [-0.25, -0.2) is 4.98 Å². The molecule has 0 N–H and O–H groups in total. The molecule has 25 heavy (non-hydrogen) atoms. The monoisotopic (exact) mass is 357 g/mol. The molecule has 1 atom stereocenters. The van der Waals surface area contributed by atoms with E-state index in [2.05, 4.69) is 9.88 Å². The highest BCUT2D eigenvalue weighted by molar-refractivity contribution is 7.10. The quantitative estimate of drug-likeness (QED) is 0.825. The number of carbonyl (C=O) groups excluding carboxylic acids is 1. The Kier molecular flexibility index (Phi) is 4.88. The Morgan fingerprint density at radius 3 is 2.92 bits per heavy atom. The van der Waals surface area contributed by atoms with Gasteiger partial charge in [0.15, 0.2) is 11.6 Å². The van der Waals surface area contributed by atoms with E-state index in [4.69, 9.17) is 4.74 Å². The summed E-state index contributed by atoms with van der Waals surface area (Å²) >= 11 is 1.64. The van der Waals surface area contributed by atoms with E-state index in [1.165, 1.54) is 12.8 Å². The van der Waals surface area contributed by atoms with Crippen LogP contribution in [-0.4, -0.2) is 48.1 Å². The summed E-state index contributed by atoms with van der Waals surface area (Å²) in [5.41, 5.74) is 0. The highest BCUT2D eigenvalue weighted by atomic mass is 32.1. The molecule has 2 aliphatic rings. The molecule has 2 aromatic rings. The average Bonchev–Trinajstić information content (AvgIpc) is 3.38. The molecule has 6 heteroatoms. The van der Waals surface area contributed by atoms with Crippen LogP contribution in [0.3, 0.4) is 0 Å². The maximum absolute atomic E-state index is 12.4. The lowest BCUT2D eigenvalue weighted by atomic mass is 10.3. The van der Waals surface area contributed by atoms with Crippen LogP contribution in [0.4, 0.5) is 5.82 Å². The fourth-order valence-electron chi connectivity index (χ4n) is 3.55. The number of rotatable bonds is 5. The van der Waals surface area contributed by atoms with Gasteiger partial charge in [0.2, 0.25) is 5.91 Å². The summed E-state index contributed by atoms with van der Waals surface area (Å²) in [5, 5.41) is 2.01. The van der Waals surface area contributed by atoms with Crippen LogP contribution in [0.1, 0.15) is 24.1 Å². The molecule has 0 saturated carbocycles. The molecule has 2 saturated heterocycles. The van der Waals surface area contributed by atoms with E-state index in [1.807, 2.05) is 40.7 Å². The topological polar surface area (TPSA) is 45.7 Å². The second-order valence-electron chi connectivity index (χ2n) is 6.64. The van der Waals surface area contributed by atoms with Crippen LogP contribution in [0.5, 0.6) is 5.75 Å². The van der Waals surface area contributed by atoms with Gasteiger partial charge in [0.05, 0.1) is 13.0 Å². The fraction of sp³-hybridized carbons (Fsp3) is 0.474. The van der Waals surface area contributed by atoms with Crippen LogP contribution in [0.2, 0.25) is 0 Å². The van der Waals surface area contributed by atoms with Gasteiger partial charge in [0.25, 0.3) is 0 Å². The van der Waals surface area contributed by atoms with Crippen LogP contribution in [0, 0.1) is 0 Å². The van der Waals surface area contributed by atoms with Crippen molar-refractivity contribution in [3.8, 4) is 5.75 Å². The Morgan fingerprint density at radius 2 is 2.12 bits per heavy atom. The summed E-state index contributed by atoms with van der Waals surface area (Å²) in [4.78, 5) is 22.3. The molecule has 0 spiro atoms. The summed E-state index contributed by atoms with van der Waals surface area (Å²) in [6.45, 7) is 3.53. The van der Waals surface area contributed by atoms with E-state index >= 15 is 0 Å². The first-order chi connectivity index (χ1) is 12.3. The van der Waals surface area contributed by atoms with Crippen molar-refractivity contribution in [2.45, 2.75) is 31.8 Å². The van der Waals surface area contributed by atoms with Crippen LogP contribution >= 0.6 is 11.3 Å². The molecule has 2 fully saturated rings. The predicted octanol–water partition coefficient (Wildman–Crippen LogP) is 2.97. The molecule has 4 rings (SSSR count). The molecule has 1 amide bonds. The maximum atomic E-state index is 12.4. The minimum Gasteiger partial charge on any atom is -0.485 e. The van der Waals surface area contributed by atoms with Crippen LogP contribution in [0.15, 0.2) is 35.8 Å². The highest BCUT2D eigenvalue weighted by Crippen LogP contribution is 2.30. The molecule has 2 aliphatic heterocycles. The van der Waals surface area contributed by atoms with Gasteiger partial charge in [-0.3, -0.25) is 4.79 Å².